The Morgan fingerprint density at radius 1 is 1.34 bits per heavy atom. The van der Waals surface area contributed by atoms with Crippen molar-refractivity contribution in [1.29, 1.82) is 0 Å². The number of aryl methyl sites for hydroxylation is 1. The maximum atomic E-state index is 13.7. The number of fused-ring (bicyclic) bond motifs is 1. The Morgan fingerprint density at radius 2 is 2.10 bits per heavy atom. The predicted octanol–water partition coefficient (Wildman–Crippen LogP) is 3.76. The number of carbonyl (C=O) groups is 1. The molecular formula is C20H23F3N4O2. The molecule has 1 aromatic carbocycles. The molecule has 3 atom stereocenters. The molecule has 2 aromatic rings. The Labute approximate surface area is 166 Å². The van der Waals surface area contributed by atoms with Gasteiger partial charge in [0.1, 0.15) is 5.82 Å². The van der Waals surface area contributed by atoms with Crippen molar-refractivity contribution in [3.8, 4) is 0 Å². The molecule has 1 saturated heterocycles. The van der Waals surface area contributed by atoms with E-state index in [-0.39, 0.29) is 24.0 Å². The van der Waals surface area contributed by atoms with Crippen molar-refractivity contribution in [2.45, 2.75) is 50.6 Å². The minimum atomic E-state index is -4.47. The van der Waals surface area contributed by atoms with Gasteiger partial charge >= 0.3 is 6.18 Å². The summed E-state index contributed by atoms with van der Waals surface area (Å²) in [4.78, 5) is 12.4. The van der Waals surface area contributed by atoms with E-state index in [0.717, 1.165) is 28.7 Å². The normalized spacial score (nSPS) is 24.1. The number of aromatic nitrogens is 2. The van der Waals surface area contributed by atoms with Gasteiger partial charge in [-0.05, 0) is 25.3 Å². The van der Waals surface area contributed by atoms with Crippen LogP contribution in [0.1, 0.15) is 53.0 Å². The number of halogens is 3. The lowest BCUT2D eigenvalue weighted by molar-refractivity contribution is -0.173. The van der Waals surface area contributed by atoms with Crippen molar-refractivity contribution in [3.05, 3.63) is 47.2 Å². The molecule has 2 aliphatic heterocycles. The van der Waals surface area contributed by atoms with Gasteiger partial charge in [-0.1, -0.05) is 29.8 Å². The minimum Gasteiger partial charge on any atom is -0.376 e. The van der Waals surface area contributed by atoms with Crippen molar-refractivity contribution >= 4 is 11.7 Å². The molecule has 156 valence electrons. The summed E-state index contributed by atoms with van der Waals surface area (Å²) >= 11 is 0. The molecule has 9 heteroatoms. The van der Waals surface area contributed by atoms with Gasteiger partial charge in [-0.25, -0.2) is 4.68 Å². The van der Waals surface area contributed by atoms with E-state index in [1.807, 2.05) is 31.2 Å². The van der Waals surface area contributed by atoms with Crippen molar-refractivity contribution in [1.82, 2.24) is 15.1 Å². The molecule has 6 nitrogen and oxygen atoms in total. The first-order valence-electron chi connectivity index (χ1n) is 9.70. The number of nitrogens with one attached hydrogen (secondary N) is 2. The first kappa shape index (κ1) is 19.8. The number of nitrogens with zero attached hydrogens (tertiary/aromatic N) is 2. The summed E-state index contributed by atoms with van der Waals surface area (Å²) in [6.45, 7) is 2.91. The molecule has 2 aliphatic rings. The molecule has 1 amide bonds. The average Bonchev–Trinajstić information content (AvgIpc) is 3.34. The molecule has 1 fully saturated rings. The van der Waals surface area contributed by atoms with E-state index in [0.29, 0.717) is 13.2 Å². The van der Waals surface area contributed by atoms with Gasteiger partial charge in [-0.2, -0.15) is 18.3 Å². The fourth-order valence-electron chi connectivity index (χ4n) is 3.80. The van der Waals surface area contributed by atoms with Crippen molar-refractivity contribution in [2.24, 2.45) is 0 Å². The van der Waals surface area contributed by atoms with Gasteiger partial charge in [0.25, 0.3) is 5.91 Å². The molecule has 2 N–H and O–H groups in total. The third-order valence-corrected chi connectivity index (χ3v) is 5.42. The van der Waals surface area contributed by atoms with Crippen LogP contribution in [0.25, 0.3) is 0 Å². The molecule has 0 radical (unpaired) electrons. The molecular weight excluding hydrogens is 385 g/mol. The highest BCUT2D eigenvalue weighted by Gasteiger charge is 2.46. The van der Waals surface area contributed by atoms with Crippen molar-refractivity contribution in [2.75, 3.05) is 18.5 Å². The van der Waals surface area contributed by atoms with Gasteiger partial charge in [-0.15, -0.1) is 0 Å². The second-order valence-corrected chi connectivity index (χ2v) is 7.61. The van der Waals surface area contributed by atoms with E-state index in [1.165, 1.54) is 6.07 Å². The van der Waals surface area contributed by atoms with Gasteiger partial charge < -0.3 is 15.4 Å². The second kappa shape index (κ2) is 7.70. The van der Waals surface area contributed by atoms with E-state index in [2.05, 4.69) is 15.7 Å². The SMILES string of the molecule is Cc1ccc([C@@H]2C[C@H](C(F)(F)F)n3nc(C(=O)NC[C@@H]4CCCO4)cc3N2)cc1. The van der Waals surface area contributed by atoms with Gasteiger partial charge in [0.15, 0.2) is 11.7 Å². The highest BCUT2D eigenvalue weighted by atomic mass is 19.4. The number of hydrogen-bond donors (Lipinski definition) is 2. The number of ether oxygens (including phenoxy) is 1. The van der Waals surface area contributed by atoms with Crippen LogP contribution >= 0.6 is 0 Å². The summed E-state index contributed by atoms with van der Waals surface area (Å²) in [5.74, 6) is -0.316. The quantitative estimate of drug-likeness (QED) is 0.808. The van der Waals surface area contributed by atoms with Crippen LogP contribution in [-0.4, -0.2) is 41.1 Å². The van der Waals surface area contributed by atoms with Gasteiger partial charge in [0, 0.05) is 25.6 Å². The van der Waals surface area contributed by atoms with Crippen LogP contribution in [0, 0.1) is 6.92 Å². The maximum Gasteiger partial charge on any atom is 0.410 e. The fourth-order valence-corrected chi connectivity index (χ4v) is 3.80. The van der Waals surface area contributed by atoms with Crippen molar-refractivity contribution < 1.29 is 22.7 Å². The maximum absolute atomic E-state index is 13.7. The fraction of sp³-hybridized carbons (Fsp3) is 0.500. The summed E-state index contributed by atoms with van der Waals surface area (Å²) in [6, 6.07) is 6.44. The lowest BCUT2D eigenvalue weighted by atomic mass is 9.96. The van der Waals surface area contributed by atoms with Crippen LogP contribution in [0.2, 0.25) is 0 Å². The molecule has 0 bridgehead atoms. The van der Waals surface area contributed by atoms with Crippen LogP contribution in [-0.2, 0) is 4.74 Å². The number of amides is 1. The molecule has 4 rings (SSSR count). The summed E-state index contributed by atoms with van der Waals surface area (Å²) < 4.78 is 47.5. The van der Waals surface area contributed by atoms with Crippen LogP contribution < -0.4 is 10.6 Å². The Morgan fingerprint density at radius 3 is 2.76 bits per heavy atom. The lowest BCUT2D eigenvalue weighted by Crippen LogP contribution is -2.36. The van der Waals surface area contributed by atoms with E-state index < -0.39 is 24.2 Å². The highest BCUT2D eigenvalue weighted by Crippen LogP contribution is 2.43. The molecule has 1 aromatic heterocycles. The molecule has 0 saturated carbocycles. The Hall–Kier alpha value is -2.55. The Bertz CT molecular complexity index is 873. The zero-order valence-corrected chi connectivity index (χ0v) is 16.0. The minimum absolute atomic E-state index is 0.0377. The van der Waals surface area contributed by atoms with Crippen molar-refractivity contribution in [3.63, 3.8) is 0 Å². The number of benzene rings is 1. The average molecular weight is 408 g/mol. The monoisotopic (exact) mass is 408 g/mol. The van der Waals surface area contributed by atoms with E-state index in [9.17, 15) is 18.0 Å². The third kappa shape index (κ3) is 4.24. The Balaban J connectivity index is 1.56. The highest BCUT2D eigenvalue weighted by molar-refractivity contribution is 5.93. The number of anilines is 1. The molecule has 0 aliphatic carbocycles. The number of alkyl halides is 3. The number of rotatable bonds is 4. The van der Waals surface area contributed by atoms with E-state index in [1.54, 1.807) is 0 Å². The standard InChI is InChI=1S/C20H23F3N4O2/c1-12-4-6-13(7-5-12)15-9-17(20(21,22)23)27-18(25-15)10-16(26-27)19(28)24-11-14-3-2-8-29-14/h4-7,10,14-15,17,25H,2-3,8-9,11H2,1H3,(H,24,28)/t14-,15-,17+/m0/s1. The largest absolute Gasteiger partial charge is 0.410 e. The first-order valence-corrected chi connectivity index (χ1v) is 9.70. The van der Waals surface area contributed by atoms with Crippen LogP contribution in [0.15, 0.2) is 30.3 Å². The lowest BCUT2D eigenvalue weighted by Gasteiger charge is -2.33. The predicted molar refractivity (Wildman–Crippen MR) is 101 cm³/mol. The van der Waals surface area contributed by atoms with Crippen LogP contribution in [0.5, 0.6) is 0 Å². The smallest absolute Gasteiger partial charge is 0.376 e. The summed E-state index contributed by atoms with van der Waals surface area (Å²) in [5, 5.41) is 9.77. The Kier molecular flexibility index (Phi) is 5.24. The third-order valence-electron chi connectivity index (χ3n) is 5.42. The number of carbonyl (C=O) groups excluding carboxylic acids is 1. The second-order valence-electron chi connectivity index (χ2n) is 7.61. The molecule has 3 heterocycles. The van der Waals surface area contributed by atoms with E-state index in [4.69, 9.17) is 4.74 Å². The summed E-state index contributed by atoms with van der Waals surface area (Å²) in [5.41, 5.74) is 1.76. The van der Waals surface area contributed by atoms with Crippen LogP contribution in [0.3, 0.4) is 0 Å². The summed E-state index contributed by atoms with van der Waals surface area (Å²) in [6.07, 6.45) is -2.93. The molecule has 0 unspecified atom stereocenters. The zero-order valence-electron chi connectivity index (χ0n) is 16.0. The first-order chi connectivity index (χ1) is 13.8. The topological polar surface area (TPSA) is 68.2 Å². The molecule has 0 spiro atoms. The zero-order chi connectivity index (χ0) is 20.6. The molecule has 29 heavy (non-hydrogen) atoms. The van der Waals surface area contributed by atoms with Crippen LogP contribution in [0.4, 0.5) is 19.0 Å². The summed E-state index contributed by atoms with van der Waals surface area (Å²) in [7, 11) is 0. The van der Waals surface area contributed by atoms with Gasteiger partial charge in [0.05, 0.1) is 12.1 Å². The number of hydrogen-bond acceptors (Lipinski definition) is 4. The van der Waals surface area contributed by atoms with E-state index >= 15 is 0 Å². The van der Waals surface area contributed by atoms with Gasteiger partial charge in [0.2, 0.25) is 0 Å². The van der Waals surface area contributed by atoms with Gasteiger partial charge in [-0.3, -0.25) is 4.79 Å².